The number of esters is 1. The van der Waals surface area contributed by atoms with E-state index in [0.29, 0.717) is 34.0 Å². The molecule has 0 atom stereocenters. The molecule has 0 unspecified atom stereocenters. The van der Waals surface area contributed by atoms with Crippen LogP contribution in [-0.2, 0) is 4.74 Å². The molecule has 0 aliphatic heterocycles. The molecule has 154 valence electrons. The highest BCUT2D eigenvalue weighted by Gasteiger charge is 2.15. The van der Waals surface area contributed by atoms with Crippen molar-refractivity contribution in [3.63, 3.8) is 0 Å². The van der Waals surface area contributed by atoms with Crippen LogP contribution in [0.2, 0.25) is 0 Å². The van der Waals surface area contributed by atoms with E-state index in [4.69, 9.17) is 4.74 Å². The molecule has 11 heteroatoms. The summed E-state index contributed by atoms with van der Waals surface area (Å²) in [6, 6.07) is 4.50. The Morgan fingerprint density at radius 1 is 1.10 bits per heavy atom. The van der Waals surface area contributed by atoms with Crippen LogP contribution in [0.5, 0.6) is 0 Å². The molecule has 30 heavy (non-hydrogen) atoms. The second-order valence-electron chi connectivity index (χ2n) is 6.29. The number of aromatic nitrogens is 4. The van der Waals surface area contributed by atoms with Crippen LogP contribution in [-0.4, -0.2) is 32.7 Å². The molecule has 2 N–H and O–H groups in total. The molecule has 8 nitrogen and oxygen atoms in total. The molecule has 0 fully saturated rings. The Morgan fingerprint density at radius 3 is 2.50 bits per heavy atom. The lowest BCUT2D eigenvalue weighted by molar-refractivity contribution is 0.0520. The average Bonchev–Trinajstić information content (AvgIpc) is 3.34. The molecule has 3 heterocycles. The lowest BCUT2D eigenvalue weighted by Crippen LogP contribution is -2.06. The number of fused-ring (bicyclic) bond motifs is 1. The molecular formula is C19H17FN6O2S2. The summed E-state index contributed by atoms with van der Waals surface area (Å²) in [4.78, 5) is 20.4. The summed E-state index contributed by atoms with van der Waals surface area (Å²) in [5, 5.41) is 17.5. The van der Waals surface area contributed by atoms with E-state index in [1.54, 1.807) is 18.4 Å². The number of thiazole rings is 2. The van der Waals surface area contributed by atoms with Crippen molar-refractivity contribution >= 4 is 60.8 Å². The van der Waals surface area contributed by atoms with Gasteiger partial charge >= 0.3 is 5.97 Å². The maximum Gasteiger partial charge on any atom is 0.357 e. The van der Waals surface area contributed by atoms with Crippen molar-refractivity contribution in [2.45, 2.75) is 20.8 Å². The fourth-order valence-corrected chi connectivity index (χ4v) is 4.15. The van der Waals surface area contributed by atoms with Gasteiger partial charge in [-0.1, -0.05) is 11.3 Å². The van der Waals surface area contributed by atoms with Crippen LogP contribution in [0.1, 0.15) is 28.5 Å². The first-order valence-electron chi connectivity index (χ1n) is 9.01. The van der Waals surface area contributed by atoms with Crippen molar-refractivity contribution in [2.75, 3.05) is 17.2 Å². The third-order valence-electron chi connectivity index (χ3n) is 4.31. The first-order valence-corrected chi connectivity index (χ1v) is 10.7. The molecular weight excluding hydrogens is 427 g/mol. The Hall–Kier alpha value is -3.18. The van der Waals surface area contributed by atoms with Gasteiger partial charge in [0.2, 0.25) is 0 Å². The standard InChI is InChI=1S/C19H17FN6O2S2/c1-4-28-17(27)13-8-29-18(22-13)23-15-9(2)10(3)16(26-25-15)24-19-21-12-7-11(20)5-6-14(12)30-19/h5-8H,4H2,1-3H3,(H,21,24,26)(H,22,23,25). The van der Waals surface area contributed by atoms with Crippen LogP contribution in [0.4, 0.5) is 26.3 Å². The Bertz CT molecular complexity index is 1240. The van der Waals surface area contributed by atoms with E-state index in [9.17, 15) is 9.18 Å². The first-order chi connectivity index (χ1) is 14.4. The minimum atomic E-state index is -0.462. The van der Waals surface area contributed by atoms with Crippen molar-refractivity contribution in [2.24, 2.45) is 0 Å². The van der Waals surface area contributed by atoms with Gasteiger partial charge in [0, 0.05) is 22.6 Å². The molecule has 4 aromatic rings. The predicted molar refractivity (Wildman–Crippen MR) is 116 cm³/mol. The Balaban J connectivity index is 1.53. The highest BCUT2D eigenvalue weighted by Crippen LogP contribution is 2.31. The van der Waals surface area contributed by atoms with Crippen molar-refractivity contribution in [3.05, 3.63) is 46.2 Å². The van der Waals surface area contributed by atoms with Crippen LogP contribution in [0.3, 0.4) is 0 Å². The molecule has 0 aliphatic carbocycles. The van der Waals surface area contributed by atoms with E-state index in [0.717, 1.165) is 15.8 Å². The number of nitrogens with one attached hydrogen (secondary N) is 2. The molecule has 0 radical (unpaired) electrons. The molecule has 0 bridgehead atoms. The molecule has 0 amide bonds. The zero-order chi connectivity index (χ0) is 21.3. The molecule has 0 saturated carbocycles. The van der Waals surface area contributed by atoms with Gasteiger partial charge in [0.05, 0.1) is 16.8 Å². The van der Waals surface area contributed by atoms with Crippen molar-refractivity contribution in [1.29, 1.82) is 0 Å². The Kier molecular flexibility index (Phi) is 5.55. The van der Waals surface area contributed by atoms with E-state index in [-0.39, 0.29) is 11.5 Å². The number of hydrogen-bond donors (Lipinski definition) is 2. The summed E-state index contributed by atoms with van der Waals surface area (Å²) in [5.74, 6) is 0.309. The number of nitrogens with zero attached hydrogens (tertiary/aromatic N) is 4. The van der Waals surface area contributed by atoms with Crippen LogP contribution in [0.15, 0.2) is 23.6 Å². The maximum absolute atomic E-state index is 13.4. The number of halogens is 1. The molecule has 1 aromatic carbocycles. The number of hydrogen-bond acceptors (Lipinski definition) is 10. The van der Waals surface area contributed by atoms with E-state index < -0.39 is 5.97 Å². The number of anilines is 4. The summed E-state index contributed by atoms with van der Waals surface area (Å²) in [6.45, 7) is 5.86. The van der Waals surface area contributed by atoms with Gasteiger partial charge in [-0.25, -0.2) is 19.2 Å². The Labute approximate surface area is 179 Å². The average molecular weight is 445 g/mol. The van der Waals surface area contributed by atoms with Crippen molar-refractivity contribution in [1.82, 2.24) is 20.2 Å². The summed E-state index contributed by atoms with van der Waals surface area (Å²) in [5.41, 5.74) is 2.58. The summed E-state index contributed by atoms with van der Waals surface area (Å²) >= 11 is 2.69. The number of carbonyl (C=O) groups excluding carboxylic acids is 1. The third kappa shape index (κ3) is 4.07. The number of carbonyl (C=O) groups is 1. The van der Waals surface area contributed by atoms with Crippen LogP contribution in [0.25, 0.3) is 10.2 Å². The van der Waals surface area contributed by atoms with Crippen LogP contribution in [0, 0.1) is 19.7 Å². The van der Waals surface area contributed by atoms with Gasteiger partial charge < -0.3 is 15.4 Å². The van der Waals surface area contributed by atoms with E-state index in [1.807, 2.05) is 13.8 Å². The second-order valence-corrected chi connectivity index (χ2v) is 8.18. The third-order valence-corrected chi connectivity index (χ3v) is 6.02. The monoisotopic (exact) mass is 444 g/mol. The quantitative estimate of drug-likeness (QED) is 0.402. The molecule has 0 aliphatic rings. The van der Waals surface area contributed by atoms with Gasteiger partial charge in [0.15, 0.2) is 27.6 Å². The first kappa shape index (κ1) is 20.1. The molecule has 4 rings (SSSR count). The molecule has 0 spiro atoms. The smallest absolute Gasteiger partial charge is 0.357 e. The topological polar surface area (TPSA) is 102 Å². The lowest BCUT2D eigenvalue weighted by Gasteiger charge is -2.11. The summed E-state index contributed by atoms with van der Waals surface area (Å²) in [6.07, 6.45) is 0. The van der Waals surface area contributed by atoms with E-state index in [1.165, 1.54) is 34.8 Å². The maximum atomic E-state index is 13.4. The lowest BCUT2D eigenvalue weighted by atomic mass is 10.2. The predicted octanol–water partition coefficient (Wildman–Crippen LogP) is 4.96. The van der Waals surface area contributed by atoms with Crippen molar-refractivity contribution in [3.8, 4) is 0 Å². The van der Waals surface area contributed by atoms with Gasteiger partial charge in [-0.05, 0) is 32.9 Å². The van der Waals surface area contributed by atoms with Crippen LogP contribution < -0.4 is 10.6 Å². The normalized spacial score (nSPS) is 10.9. The van der Waals surface area contributed by atoms with Crippen molar-refractivity contribution < 1.29 is 13.9 Å². The highest BCUT2D eigenvalue weighted by molar-refractivity contribution is 7.22. The fourth-order valence-electron chi connectivity index (χ4n) is 2.63. The Morgan fingerprint density at radius 2 is 1.80 bits per heavy atom. The summed E-state index contributed by atoms with van der Waals surface area (Å²) < 4.78 is 19.2. The number of ether oxygens (including phenoxy) is 1. The largest absolute Gasteiger partial charge is 0.461 e. The van der Waals surface area contributed by atoms with Gasteiger partial charge in [-0.15, -0.1) is 21.5 Å². The SMILES string of the molecule is CCOC(=O)c1csc(Nc2nnc(Nc3nc4cc(F)ccc4s3)c(C)c2C)n1. The van der Waals surface area contributed by atoms with Gasteiger partial charge in [-0.2, -0.15) is 0 Å². The fraction of sp³-hybridized carbons (Fsp3) is 0.211. The van der Waals surface area contributed by atoms with E-state index in [2.05, 4.69) is 30.8 Å². The van der Waals surface area contributed by atoms with Crippen LogP contribution >= 0.6 is 22.7 Å². The number of rotatable bonds is 6. The molecule has 0 saturated heterocycles. The van der Waals surface area contributed by atoms with Gasteiger partial charge in [0.25, 0.3) is 0 Å². The highest BCUT2D eigenvalue weighted by atomic mass is 32.1. The number of benzene rings is 1. The van der Waals surface area contributed by atoms with E-state index >= 15 is 0 Å². The second kappa shape index (κ2) is 8.28. The zero-order valence-electron chi connectivity index (χ0n) is 16.3. The zero-order valence-corrected chi connectivity index (χ0v) is 17.9. The minimum Gasteiger partial charge on any atom is -0.461 e. The van der Waals surface area contributed by atoms with Gasteiger partial charge in [-0.3, -0.25) is 0 Å². The summed E-state index contributed by atoms with van der Waals surface area (Å²) in [7, 11) is 0. The molecule has 3 aromatic heterocycles. The minimum absolute atomic E-state index is 0.247. The van der Waals surface area contributed by atoms with Gasteiger partial charge in [0.1, 0.15) is 5.82 Å².